The molecule has 4 rings (SSSR count). The second-order valence-corrected chi connectivity index (χ2v) is 7.07. The normalized spacial score (nSPS) is 16.4. The molecule has 3 heterocycles. The maximum Gasteiger partial charge on any atom is 0.573 e. The first-order valence-electron chi connectivity index (χ1n) is 9.21. The zero-order chi connectivity index (χ0) is 23.3. The van der Waals surface area contributed by atoms with Crippen molar-refractivity contribution in [2.45, 2.75) is 32.0 Å². The summed E-state index contributed by atoms with van der Waals surface area (Å²) < 4.78 is 79.9. The van der Waals surface area contributed by atoms with Crippen LogP contribution in [0.4, 0.5) is 32.0 Å². The smallest absolute Gasteiger partial charge is 0.406 e. The molecular formula is C20H14F6N4O2. The fourth-order valence-electron chi connectivity index (χ4n) is 3.50. The Morgan fingerprint density at radius 3 is 2.53 bits per heavy atom. The number of alkyl halides is 6. The van der Waals surface area contributed by atoms with Crippen molar-refractivity contribution < 1.29 is 35.9 Å². The number of ether oxygens (including phenoxy) is 1. The Morgan fingerprint density at radius 2 is 1.84 bits per heavy atom. The van der Waals surface area contributed by atoms with E-state index in [1.165, 1.54) is 29.2 Å². The van der Waals surface area contributed by atoms with Crippen LogP contribution in [0.1, 0.15) is 29.0 Å². The summed E-state index contributed by atoms with van der Waals surface area (Å²) >= 11 is 0. The van der Waals surface area contributed by atoms with Crippen LogP contribution in [0.2, 0.25) is 0 Å². The number of hydrogen-bond acceptors (Lipinski definition) is 4. The van der Waals surface area contributed by atoms with E-state index >= 15 is 0 Å². The van der Waals surface area contributed by atoms with E-state index in [4.69, 9.17) is 0 Å². The topological polar surface area (TPSA) is 60.2 Å². The van der Waals surface area contributed by atoms with Crippen LogP contribution in [0.5, 0.6) is 5.75 Å². The van der Waals surface area contributed by atoms with E-state index in [-0.39, 0.29) is 11.3 Å². The van der Waals surface area contributed by atoms with Crippen molar-refractivity contribution in [3.63, 3.8) is 0 Å². The van der Waals surface area contributed by atoms with Gasteiger partial charge >= 0.3 is 12.5 Å². The average molecular weight is 456 g/mol. The lowest BCUT2D eigenvalue weighted by Crippen LogP contribution is -2.26. The number of carbonyl (C=O) groups is 1. The van der Waals surface area contributed by atoms with Gasteiger partial charge in [0, 0.05) is 11.8 Å². The van der Waals surface area contributed by atoms with Gasteiger partial charge < -0.3 is 4.74 Å². The molecule has 3 aromatic rings. The average Bonchev–Trinajstić information content (AvgIpc) is 3.21. The quantitative estimate of drug-likeness (QED) is 0.511. The van der Waals surface area contributed by atoms with E-state index in [1.54, 1.807) is 13.0 Å². The number of benzene rings is 1. The lowest BCUT2D eigenvalue weighted by Gasteiger charge is -2.19. The van der Waals surface area contributed by atoms with Gasteiger partial charge in [-0.05, 0) is 31.2 Å². The molecule has 6 nitrogen and oxygen atoms in total. The maximum absolute atomic E-state index is 12.8. The molecule has 0 fully saturated rings. The third-order valence-corrected chi connectivity index (χ3v) is 4.76. The molecule has 1 atom stereocenters. The zero-order valence-corrected chi connectivity index (χ0v) is 16.3. The second kappa shape index (κ2) is 7.53. The van der Waals surface area contributed by atoms with Crippen molar-refractivity contribution >= 4 is 11.6 Å². The van der Waals surface area contributed by atoms with Gasteiger partial charge in [-0.3, -0.25) is 14.4 Å². The number of pyridine rings is 1. The maximum atomic E-state index is 12.8. The molecule has 2 aromatic heterocycles. The number of carbonyl (C=O) groups excluding carboxylic acids is 1. The number of aromatic nitrogens is 3. The van der Waals surface area contributed by atoms with Crippen LogP contribution in [0, 0.1) is 0 Å². The van der Waals surface area contributed by atoms with Gasteiger partial charge in [-0.25, -0.2) is 4.98 Å². The molecule has 1 aliphatic rings. The van der Waals surface area contributed by atoms with Gasteiger partial charge in [-0.1, -0.05) is 12.1 Å². The fraction of sp³-hybridized carbons (Fsp3) is 0.250. The first-order chi connectivity index (χ1) is 14.9. The molecule has 0 aliphatic carbocycles. The minimum atomic E-state index is -4.85. The van der Waals surface area contributed by atoms with E-state index in [0.717, 1.165) is 18.5 Å². The van der Waals surface area contributed by atoms with Crippen molar-refractivity contribution in [3.8, 4) is 17.0 Å². The van der Waals surface area contributed by atoms with Gasteiger partial charge in [0.25, 0.3) is 5.91 Å². The van der Waals surface area contributed by atoms with Crippen molar-refractivity contribution in [1.82, 2.24) is 14.8 Å². The zero-order valence-electron chi connectivity index (χ0n) is 16.3. The van der Waals surface area contributed by atoms with Crippen molar-refractivity contribution in [2.75, 3.05) is 4.90 Å². The molecule has 168 valence electrons. The summed E-state index contributed by atoms with van der Waals surface area (Å²) in [6, 6.07) is 7.57. The third kappa shape index (κ3) is 4.39. The third-order valence-electron chi connectivity index (χ3n) is 4.76. The molecule has 12 heteroatoms. The molecule has 32 heavy (non-hydrogen) atoms. The number of rotatable bonds is 4. The Bertz CT molecular complexity index is 1170. The Hall–Kier alpha value is -3.57. The predicted molar refractivity (Wildman–Crippen MR) is 99.9 cm³/mol. The summed E-state index contributed by atoms with van der Waals surface area (Å²) in [7, 11) is 0. The Balaban J connectivity index is 1.63. The monoisotopic (exact) mass is 456 g/mol. The summed E-state index contributed by atoms with van der Waals surface area (Å²) in [6.45, 7) is 0.347. The Morgan fingerprint density at radius 1 is 1.09 bits per heavy atom. The number of amides is 1. The Kier molecular flexibility index (Phi) is 5.10. The SMILES string of the molecule is CC1c2nc(-c3cccc(OC(F)(F)F)c3)ccc2C(=O)N1c1cnn(CC(F)(F)F)c1. The number of anilines is 1. The molecule has 0 radical (unpaired) electrons. The number of halogens is 6. The molecule has 0 saturated heterocycles. The number of hydrogen-bond donors (Lipinski definition) is 0. The Labute approximate surface area is 177 Å². The van der Waals surface area contributed by atoms with Crippen molar-refractivity contribution in [3.05, 3.63) is 60.0 Å². The van der Waals surface area contributed by atoms with E-state index < -0.39 is 36.8 Å². The van der Waals surface area contributed by atoms with E-state index in [0.29, 0.717) is 21.6 Å². The van der Waals surface area contributed by atoms with E-state index in [1.807, 2.05) is 0 Å². The highest BCUT2D eigenvalue weighted by Crippen LogP contribution is 2.38. The summed E-state index contributed by atoms with van der Waals surface area (Å²) in [5, 5.41) is 3.66. The van der Waals surface area contributed by atoms with Gasteiger partial charge in [0.1, 0.15) is 12.3 Å². The predicted octanol–water partition coefficient (Wildman–Crippen LogP) is 5.13. The second-order valence-electron chi connectivity index (χ2n) is 7.07. The summed E-state index contributed by atoms with van der Waals surface area (Å²) in [5.41, 5.74) is 1.41. The molecule has 1 aromatic carbocycles. The molecular weight excluding hydrogens is 442 g/mol. The molecule has 0 saturated carbocycles. The van der Waals surface area contributed by atoms with Crippen LogP contribution in [-0.4, -0.2) is 33.2 Å². The highest BCUT2D eigenvalue weighted by molar-refractivity contribution is 6.10. The first-order valence-corrected chi connectivity index (χ1v) is 9.21. The van der Waals surface area contributed by atoms with Crippen LogP contribution in [-0.2, 0) is 6.54 Å². The van der Waals surface area contributed by atoms with Crippen LogP contribution in [0.3, 0.4) is 0 Å². The van der Waals surface area contributed by atoms with Crippen LogP contribution in [0.15, 0.2) is 48.8 Å². The fourth-order valence-corrected chi connectivity index (χ4v) is 3.50. The van der Waals surface area contributed by atoms with Crippen molar-refractivity contribution in [1.29, 1.82) is 0 Å². The van der Waals surface area contributed by atoms with Gasteiger partial charge in [0.15, 0.2) is 0 Å². The van der Waals surface area contributed by atoms with Crippen LogP contribution >= 0.6 is 0 Å². The first kappa shape index (κ1) is 21.7. The number of fused-ring (bicyclic) bond motifs is 1. The largest absolute Gasteiger partial charge is 0.573 e. The van der Waals surface area contributed by atoms with Gasteiger partial charge in [-0.15, -0.1) is 13.2 Å². The highest BCUT2D eigenvalue weighted by Gasteiger charge is 2.38. The summed E-state index contributed by atoms with van der Waals surface area (Å²) in [4.78, 5) is 18.5. The summed E-state index contributed by atoms with van der Waals surface area (Å²) in [6.07, 6.45) is -7.03. The minimum absolute atomic E-state index is 0.173. The summed E-state index contributed by atoms with van der Waals surface area (Å²) in [5.74, 6) is -0.882. The molecule has 1 unspecified atom stereocenters. The van der Waals surface area contributed by atoms with Crippen molar-refractivity contribution in [2.24, 2.45) is 0 Å². The van der Waals surface area contributed by atoms with Crippen LogP contribution < -0.4 is 9.64 Å². The standard InChI is InChI=1S/C20H14F6N4O2/c1-11-17-15(18(31)30(11)13-8-27-29(9-13)10-19(21,22)23)5-6-16(28-17)12-3-2-4-14(7-12)32-20(24,25)26/h2-9,11H,10H2,1H3. The van der Waals surface area contributed by atoms with Crippen LogP contribution in [0.25, 0.3) is 11.3 Å². The molecule has 1 aliphatic heterocycles. The van der Waals surface area contributed by atoms with Gasteiger partial charge in [0.2, 0.25) is 0 Å². The lowest BCUT2D eigenvalue weighted by molar-refractivity contribution is -0.274. The van der Waals surface area contributed by atoms with Gasteiger partial charge in [-0.2, -0.15) is 18.3 Å². The molecule has 1 amide bonds. The number of nitrogens with zero attached hydrogens (tertiary/aromatic N) is 4. The van der Waals surface area contributed by atoms with Gasteiger partial charge in [0.05, 0.1) is 34.9 Å². The van der Waals surface area contributed by atoms with E-state index in [2.05, 4.69) is 14.8 Å². The van der Waals surface area contributed by atoms with E-state index in [9.17, 15) is 31.1 Å². The lowest BCUT2D eigenvalue weighted by atomic mass is 10.1. The molecule has 0 spiro atoms. The molecule has 0 N–H and O–H groups in total. The minimum Gasteiger partial charge on any atom is -0.406 e. The molecule has 0 bridgehead atoms. The highest BCUT2D eigenvalue weighted by atomic mass is 19.4.